The molecule has 0 aliphatic carbocycles. The highest BCUT2D eigenvalue weighted by Crippen LogP contribution is 2.13. The number of carboxylic acid groups (broad SMARTS) is 1. The van der Waals surface area contributed by atoms with Crippen LogP contribution in [-0.2, 0) is 11.2 Å². The smallest absolute Gasteiger partial charge is 0.303 e. The van der Waals surface area contributed by atoms with Gasteiger partial charge in [-0.2, -0.15) is 0 Å². The van der Waals surface area contributed by atoms with Gasteiger partial charge in [0, 0.05) is 12.0 Å². The number of pyridine rings is 1. The Labute approximate surface area is 79.4 Å². The molecule has 3 nitrogen and oxygen atoms in total. The molecular formula is C9H9F2NO2. The van der Waals surface area contributed by atoms with E-state index in [4.69, 9.17) is 5.11 Å². The van der Waals surface area contributed by atoms with Gasteiger partial charge in [-0.05, 0) is 12.8 Å². The molecule has 1 rings (SSSR count). The molecule has 1 heterocycles. The van der Waals surface area contributed by atoms with Gasteiger partial charge in [0.05, 0.1) is 12.4 Å². The largest absolute Gasteiger partial charge is 0.481 e. The Morgan fingerprint density at radius 3 is 2.43 bits per heavy atom. The van der Waals surface area contributed by atoms with Gasteiger partial charge in [-0.3, -0.25) is 9.78 Å². The maximum atomic E-state index is 12.9. The number of aliphatic carboxylic acids is 1. The number of hydrogen-bond donors (Lipinski definition) is 1. The highest BCUT2D eigenvalue weighted by molar-refractivity contribution is 5.66. The Hall–Kier alpha value is -1.52. The fourth-order valence-corrected chi connectivity index (χ4v) is 1.09. The molecule has 0 radical (unpaired) electrons. The van der Waals surface area contributed by atoms with Gasteiger partial charge in [0.2, 0.25) is 0 Å². The quantitative estimate of drug-likeness (QED) is 0.807. The van der Waals surface area contributed by atoms with Gasteiger partial charge in [0.1, 0.15) is 11.6 Å². The summed E-state index contributed by atoms with van der Waals surface area (Å²) in [4.78, 5) is 13.5. The van der Waals surface area contributed by atoms with Crippen LogP contribution < -0.4 is 0 Å². The average Bonchev–Trinajstić information content (AvgIpc) is 2.09. The van der Waals surface area contributed by atoms with Crippen molar-refractivity contribution >= 4 is 5.97 Å². The summed E-state index contributed by atoms with van der Waals surface area (Å²) in [6.07, 6.45) is 2.03. The van der Waals surface area contributed by atoms with E-state index >= 15 is 0 Å². The van der Waals surface area contributed by atoms with Crippen molar-refractivity contribution in [3.8, 4) is 0 Å². The molecule has 76 valence electrons. The molecule has 0 unspecified atom stereocenters. The molecular weight excluding hydrogens is 192 g/mol. The van der Waals surface area contributed by atoms with Crippen molar-refractivity contribution in [1.82, 2.24) is 4.98 Å². The molecule has 1 aromatic heterocycles. The molecule has 14 heavy (non-hydrogen) atoms. The van der Waals surface area contributed by atoms with Gasteiger partial charge in [-0.25, -0.2) is 8.78 Å². The molecule has 0 spiro atoms. The summed E-state index contributed by atoms with van der Waals surface area (Å²) in [5.41, 5.74) is -0.0961. The van der Waals surface area contributed by atoms with Crippen molar-refractivity contribution in [3.05, 3.63) is 29.6 Å². The van der Waals surface area contributed by atoms with E-state index in [9.17, 15) is 13.6 Å². The minimum absolute atomic E-state index is 0.0759. The fraction of sp³-hybridized carbons (Fsp3) is 0.333. The second-order valence-corrected chi connectivity index (χ2v) is 2.83. The predicted octanol–water partition coefficient (Wildman–Crippen LogP) is 1.77. The van der Waals surface area contributed by atoms with Gasteiger partial charge in [0.15, 0.2) is 0 Å². The van der Waals surface area contributed by atoms with E-state index in [1.54, 1.807) is 0 Å². The zero-order chi connectivity index (χ0) is 10.6. The van der Waals surface area contributed by atoms with Gasteiger partial charge in [0.25, 0.3) is 0 Å². The average molecular weight is 201 g/mol. The van der Waals surface area contributed by atoms with Crippen LogP contribution in [0.1, 0.15) is 18.4 Å². The zero-order valence-electron chi connectivity index (χ0n) is 7.33. The maximum absolute atomic E-state index is 12.9. The Kier molecular flexibility index (Phi) is 3.50. The third-order valence-electron chi connectivity index (χ3n) is 1.77. The Bertz CT molecular complexity index is 321. The summed E-state index contributed by atoms with van der Waals surface area (Å²) in [5.74, 6) is -2.43. The minimum atomic E-state index is -0.972. The summed E-state index contributed by atoms with van der Waals surface area (Å²) < 4.78 is 25.8. The lowest BCUT2D eigenvalue weighted by Gasteiger charge is -2.02. The Morgan fingerprint density at radius 2 is 1.93 bits per heavy atom. The first-order valence-corrected chi connectivity index (χ1v) is 4.11. The van der Waals surface area contributed by atoms with Gasteiger partial charge < -0.3 is 5.11 Å². The summed E-state index contributed by atoms with van der Waals surface area (Å²) >= 11 is 0. The van der Waals surface area contributed by atoms with Crippen molar-refractivity contribution in [2.75, 3.05) is 0 Å². The van der Waals surface area contributed by atoms with Crippen LogP contribution in [-0.4, -0.2) is 16.1 Å². The van der Waals surface area contributed by atoms with Crippen LogP contribution in [0, 0.1) is 11.6 Å². The van der Waals surface area contributed by atoms with E-state index in [1.165, 1.54) is 0 Å². The summed E-state index contributed by atoms with van der Waals surface area (Å²) in [6, 6.07) is 0. The first-order valence-electron chi connectivity index (χ1n) is 4.11. The third-order valence-corrected chi connectivity index (χ3v) is 1.77. The number of carbonyl (C=O) groups is 1. The molecule has 0 fully saturated rings. The SMILES string of the molecule is O=C(O)CCCc1c(F)cncc1F. The fourth-order valence-electron chi connectivity index (χ4n) is 1.09. The second kappa shape index (κ2) is 4.64. The number of hydrogen-bond acceptors (Lipinski definition) is 2. The van der Waals surface area contributed by atoms with Gasteiger partial charge in [-0.15, -0.1) is 0 Å². The Morgan fingerprint density at radius 1 is 1.36 bits per heavy atom. The van der Waals surface area contributed by atoms with Crippen LogP contribution in [0.2, 0.25) is 0 Å². The first-order chi connectivity index (χ1) is 6.61. The molecule has 0 aliphatic rings. The van der Waals surface area contributed by atoms with Crippen molar-refractivity contribution in [3.63, 3.8) is 0 Å². The number of aromatic nitrogens is 1. The van der Waals surface area contributed by atoms with Crippen molar-refractivity contribution < 1.29 is 18.7 Å². The van der Waals surface area contributed by atoms with Crippen molar-refractivity contribution in [2.45, 2.75) is 19.3 Å². The molecule has 0 aromatic carbocycles. The number of nitrogens with zero attached hydrogens (tertiary/aromatic N) is 1. The van der Waals surface area contributed by atoms with E-state index in [0.717, 1.165) is 12.4 Å². The van der Waals surface area contributed by atoms with E-state index < -0.39 is 17.6 Å². The lowest BCUT2D eigenvalue weighted by Crippen LogP contribution is -2.00. The van der Waals surface area contributed by atoms with Crippen LogP contribution in [0.5, 0.6) is 0 Å². The molecule has 0 aliphatic heterocycles. The zero-order valence-corrected chi connectivity index (χ0v) is 7.33. The molecule has 1 N–H and O–H groups in total. The summed E-state index contributed by atoms with van der Waals surface area (Å²) in [5, 5.41) is 8.33. The number of halogens is 2. The van der Waals surface area contributed by atoms with Crippen molar-refractivity contribution in [1.29, 1.82) is 0 Å². The Balaban J connectivity index is 2.62. The van der Waals surface area contributed by atoms with E-state index in [1.807, 2.05) is 0 Å². The van der Waals surface area contributed by atoms with Gasteiger partial charge >= 0.3 is 5.97 Å². The summed E-state index contributed by atoms with van der Waals surface area (Å²) in [6.45, 7) is 0. The standard InChI is InChI=1S/C9H9F2NO2/c10-7-4-12-5-8(11)6(7)2-1-3-9(13)14/h4-5H,1-3H2,(H,13,14). The van der Waals surface area contributed by atoms with Crippen molar-refractivity contribution in [2.24, 2.45) is 0 Å². The molecule has 0 bridgehead atoms. The van der Waals surface area contributed by atoms with E-state index in [0.29, 0.717) is 0 Å². The summed E-state index contributed by atoms with van der Waals surface area (Å²) in [7, 11) is 0. The molecule has 1 aromatic rings. The minimum Gasteiger partial charge on any atom is -0.481 e. The van der Waals surface area contributed by atoms with Crippen LogP contribution in [0.15, 0.2) is 12.4 Å². The highest BCUT2D eigenvalue weighted by atomic mass is 19.1. The number of carboxylic acids is 1. The predicted molar refractivity (Wildman–Crippen MR) is 44.7 cm³/mol. The van der Waals surface area contributed by atoms with E-state index in [-0.39, 0.29) is 24.8 Å². The topological polar surface area (TPSA) is 50.2 Å². The first kappa shape index (κ1) is 10.6. The number of rotatable bonds is 4. The van der Waals surface area contributed by atoms with E-state index in [2.05, 4.69) is 4.98 Å². The van der Waals surface area contributed by atoms with Crippen LogP contribution in [0.4, 0.5) is 8.78 Å². The maximum Gasteiger partial charge on any atom is 0.303 e. The lowest BCUT2D eigenvalue weighted by molar-refractivity contribution is -0.137. The van der Waals surface area contributed by atoms with Crippen LogP contribution >= 0.6 is 0 Å². The third kappa shape index (κ3) is 2.76. The highest BCUT2D eigenvalue weighted by Gasteiger charge is 2.09. The molecule has 0 amide bonds. The molecule has 0 atom stereocenters. The van der Waals surface area contributed by atoms with Crippen LogP contribution in [0.25, 0.3) is 0 Å². The molecule has 0 saturated heterocycles. The van der Waals surface area contributed by atoms with Crippen LogP contribution in [0.3, 0.4) is 0 Å². The molecule has 5 heteroatoms. The van der Waals surface area contributed by atoms with Gasteiger partial charge in [-0.1, -0.05) is 0 Å². The lowest BCUT2D eigenvalue weighted by atomic mass is 10.1. The molecule has 0 saturated carbocycles. The normalized spacial score (nSPS) is 10.1. The second-order valence-electron chi connectivity index (χ2n) is 2.83. The monoisotopic (exact) mass is 201 g/mol.